The van der Waals surface area contributed by atoms with E-state index in [2.05, 4.69) is 22.8 Å². The molecule has 0 aliphatic carbocycles. The summed E-state index contributed by atoms with van der Waals surface area (Å²) in [6.45, 7) is 13.5. The van der Waals surface area contributed by atoms with E-state index in [-0.39, 0.29) is 35.7 Å². The number of hydrogen-bond donors (Lipinski definition) is 2. The minimum absolute atomic E-state index is 0.0465. The van der Waals surface area contributed by atoms with Crippen molar-refractivity contribution in [2.45, 2.75) is 85.4 Å². The van der Waals surface area contributed by atoms with E-state index in [1.165, 1.54) is 5.56 Å². The van der Waals surface area contributed by atoms with E-state index < -0.39 is 11.5 Å². The molecule has 0 saturated carbocycles. The van der Waals surface area contributed by atoms with Gasteiger partial charge in [0.1, 0.15) is 6.04 Å². The lowest BCUT2D eigenvalue weighted by Gasteiger charge is -2.38. The van der Waals surface area contributed by atoms with Gasteiger partial charge < -0.3 is 20.4 Å². The molecule has 7 heteroatoms. The molecule has 2 rings (SSSR count). The van der Waals surface area contributed by atoms with Gasteiger partial charge in [0.05, 0.1) is 6.04 Å². The summed E-state index contributed by atoms with van der Waals surface area (Å²) in [7, 11) is 1.73. The molecule has 1 aromatic rings. The van der Waals surface area contributed by atoms with Crippen molar-refractivity contribution in [2.24, 2.45) is 11.3 Å². The van der Waals surface area contributed by atoms with Crippen LogP contribution < -0.4 is 10.6 Å². The van der Waals surface area contributed by atoms with Crippen molar-refractivity contribution in [2.75, 3.05) is 26.7 Å². The second kappa shape index (κ2) is 13.1. The van der Waals surface area contributed by atoms with Crippen molar-refractivity contribution in [3.63, 3.8) is 0 Å². The van der Waals surface area contributed by atoms with Crippen molar-refractivity contribution in [1.82, 2.24) is 20.4 Å². The maximum Gasteiger partial charge on any atom is 0.246 e. The van der Waals surface area contributed by atoms with Crippen LogP contribution in [0, 0.1) is 11.3 Å². The fourth-order valence-electron chi connectivity index (χ4n) is 4.47. The quantitative estimate of drug-likeness (QED) is 0.503. The normalized spacial score (nSPS) is 18.6. The van der Waals surface area contributed by atoms with E-state index in [0.29, 0.717) is 19.6 Å². The maximum atomic E-state index is 13.8. The number of nitrogens with zero attached hydrogens (tertiary/aromatic N) is 2. The zero-order valence-electron chi connectivity index (χ0n) is 22.8. The molecule has 0 bridgehead atoms. The molecule has 3 amide bonds. The third kappa shape index (κ3) is 8.06. The van der Waals surface area contributed by atoms with Gasteiger partial charge in [0.15, 0.2) is 0 Å². The van der Waals surface area contributed by atoms with Gasteiger partial charge >= 0.3 is 0 Å². The molecule has 2 N–H and O–H groups in total. The summed E-state index contributed by atoms with van der Waals surface area (Å²) in [5, 5.41) is 5.92. The van der Waals surface area contributed by atoms with Gasteiger partial charge in [-0.2, -0.15) is 0 Å². The van der Waals surface area contributed by atoms with E-state index in [0.717, 1.165) is 25.7 Å². The smallest absolute Gasteiger partial charge is 0.246 e. The van der Waals surface area contributed by atoms with Gasteiger partial charge in [-0.15, -0.1) is 0 Å². The summed E-state index contributed by atoms with van der Waals surface area (Å²) in [6.07, 6.45) is 3.33. The highest BCUT2D eigenvalue weighted by atomic mass is 16.2. The summed E-state index contributed by atoms with van der Waals surface area (Å²) in [5.74, 6) is -0.157. The van der Waals surface area contributed by atoms with Crippen LogP contribution in [0.4, 0.5) is 0 Å². The van der Waals surface area contributed by atoms with Crippen molar-refractivity contribution in [1.29, 1.82) is 0 Å². The van der Waals surface area contributed by atoms with Crippen molar-refractivity contribution >= 4 is 17.7 Å². The minimum atomic E-state index is -0.630. The zero-order chi connectivity index (χ0) is 26.2. The number of likely N-dealkylation sites (tertiary alicyclic amines) is 1. The second-order valence-corrected chi connectivity index (χ2v) is 11.0. The molecule has 1 saturated heterocycles. The highest BCUT2D eigenvalue weighted by Crippen LogP contribution is 2.27. The SMILES string of the molecule is CC[C@@H](C)C(=O)N(CCc1ccccc1)C[C@@H]1CCCN1C(=O)[C@@H](NC(=O)[C@H](C)NC)C(C)(C)C. The Morgan fingerprint density at radius 1 is 1.14 bits per heavy atom. The highest BCUT2D eigenvalue weighted by molar-refractivity contribution is 5.90. The van der Waals surface area contributed by atoms with E-state index in [4.69, 9.17) is 0 Å². The molecule has 35 heavy (non-hydrogen) atoms. The number of benzene rings is 1. The number of carbonyl (C=O) groups is 3. The molecule has 7 nitrogen and oxygen atoms in total. The number of hydrogen-bond acceptors (Lipinski definition) is 4. The number of nitrogens with one attached hydrogen (secondary N) is 2. The first-order valence-electron chi connectivity index (χ1n) is 13.1. The van der Waals surface area contributed by atoms with Crippen LogP contribution in [0.15, 0.2) is 30.3 Å². The zero-order valence-corrected chi connectivity index (χ0v) is 22.8. The average molecular weight is 487 g/mol. The molecular formula is C28H46N4O3. The molecule has 0 radical (unpaired) electrons. The lowest BCUT2D eigenvalue weighted by Crippen LogP contribution is -2.59. The standard InChI is InChI=1S/C28H46N4O3/c1-8-20(2)26(34)31(18-16-22-13-10-9-11-14-22)19-23-15-12-17-32(23)27(35)24(28(4,5)6)30-25(33)21(3)29-7/h9-11,13-14,20-21,23-24,29H,8,12,15-19H2,1-7H3,(H,30,33)/t20-,21+,23+,24-/m1/s1. The topological polar surface area (TPSA) is 81.8 Å². The van der Waals surface area contributed by atoms with Crippen molar-refractivity contribution in [3.05, 3.63) is 35.9 Å². The first kappa shape index (κ1) is 28.8. The molecule has 1 fully saturated rings. The highest BCUT2D eigenvalue weighted by Gasteiger charge is 2.40. The summed E-state index contributed by atoms with van der Waals surface area (Å²) in [5.41, 5.74) is 0.760. The number of rotatable bonds is 11. The second-order valence-electron chi connectivity index (χ2n) is 11.0. The van der Waals surface area contributed by atoms with E-state index >= 15 is 0 Å². The van der Waals surface area contributed by atoms with E-state index in [1.54, 1.807) is 14.0 Å². The van der Waals surface area contributed by atoms with Crippen LogP contribution in [0.2, 0.25) is 0 Å². The number of amides is 3. The molecule has 0 unspecified atom stereocenters. The molecule has 4 atom stereocenters. The van der Waals surface area contributed by atoms with Crippen LogP contribution in [0.3, 0.4) is 0 Å². The first-order valence-corrected chi connectivity index (χ1v) is 13.1. The predicted molar refractivity (Wildman–Crippen MR) is 141 cm³/mol. The maximum absolute atomic E-state index is 13.8. The van der Waals surface area contributed by atoms with E-state index in [1.807, 2.05) is 62.6 Å². The fraction of sp³-hybridized carbons (Fsp3) is 0.679. The molecular weight excluding hydrogens is 440 g/mol. The summed E-state index contributed by atoms with van der Waals surface area (Å²) < 4.78 is 0. The van der Waals surface area contributed by atoms with Gasteiger partial charge in [0, 0.05) is 31.6 Å². The Bertz CT molecular complexity index is 836. The van der Waals surface area contributed by atoms with Crippen LogP contribution in [0.25, 0.3) is 0 Å². The van der Waals surface area contributed by atoms with Crippen LogP contribution >= 0.6 is 0 Å². The molecule has 1 aliphatic rings. The lowest BCUT2D eigenvalue weighted by molar-refractivity contribution is -0.142. The Balaban J connectivity index is 2.20. The molecule has 0 aromatic heterocycles. The minimum Gasteiger partial charge on any atom is -0.342 e. The Morgan fingerprint density at radius 2 is 1.80 bits per heavy atom. The van der Waals surface area contributed by atoms with Crippen LogP contribution in [-0.4, -0.2) is 72.3 Å². The molecule has 1 heterocycles. The van der Waals surface area contributed by atoms with E-state index in [9.17, 15) is 14.4 Å². The summed E-state index contributed by atoms with van der Waals surface area (Å²) in [6, 6.07) is 9.13. The summed E-state index contributed by atoms with van der Waals surface area (Å²) in [4.78, 5) is 43.5. The molecule has 1 aromatic carbocycles. The monoisotopic (exact) mass is 486 g/mol. The van der Waals surface area contributed by atoms with Crippen LogP contribution in [0.5, 0.6) is 0 Å². The van der Waals surface area contributed by atoms with Crippen molar-refractivity contribution < 1.29 is 14.4 Å². The van der Waals surface area contributed by atoms with Gasteiger partial charge in [-0.3, -0.25) is 14.4 Å². The Hall–Kier alpha value is -2.41. The molecule has 1 aliphatic heterocycles. The third-order valence-electron chi connectivity index (χ3n) is 7.18. The number of carbonyl (C=O) groups excluding carboxylic acids is 3. The van der Waals surface area contributed by atoms with Gasteiger partial charge in [-0.05, 0) is 50.6 Å². The Morgan fingerprint density at radius 3 is 2.37 bits per heavy atom. The van der Waals surface area contributed by atoms with Crippen LogP contribution in [0.1, 0.15) is 66.4 Å². The van der Waals surface area contributed by atoms with Gasteiger partial charge in [-0.25, -0.2) is 0 Å². The molecule has 0 spiro atoms. The Kier molecular flexibility index (Phi) is 10.7. The summed E-state index contributed by atoms with van der Waals surface area (Å²) >= 11 is 0. The third-order valence-corrected chi connectivity index (χ3v) is 7.18. The lowest BCUT2D eigenvalue weighted by atomic mass is 9.85. The first-order chi connectivity index (χ1) is 16.5. The molecule has 196 valence electrons. The van der Waals surface area contributed by atoms with Gasteiger partial charge in [0.25, 0.3) is 0 Å². The van der Waals surface area contributed by atoms with Gasteiger partial charge in [-0.1, -0.05) is 65.0 Å². The van der Waals surface area contributed by atoms with Crippen LogP contribution in [-0.2, 0) is 20.8 Å². The predicted octanol–water partition coefficient (Wildman–Crippen LogP) is 3.23. The fourth-order valence-corrected chi connectivity index (χ4v) is 4.47. The van der Waals surface area contributed by atoms with Crippen molar-refractivity contribution in [3.8, 4) is 0 Å². The Labute approximate surface area is 212 Å². The largest absolute Gasteiger partial charge is 0.342 e. The number of likely N-dealkylation sites (N-methyl/N-ethyl adjacent to an activating group) is 1. The van der Waals surface area contributed by atoms with Gasteiger partial charge in [0.2, 0.25) is 17.7 Å². The average Bonchev–Trinajstić information content (AvgIpc) is 3.31.